The maximum Gasteiger partial charge on any atom is 0.330 e. The van der Waals surface area contributed by atoms with Crippen LogP contribution in [0.3, 0.4) is 0 Å². The summed E-state index contributed by atoms with van der Waals surface area (Å²) in [6.45, 7) is 6.73. The van der Waals surface area contributed by atoms with Crippen molar-refractivity contribution in [2.45, 2.75) is 33.7 Å². The van der Waals surface area contributed by atoms with Crippen molar-refractivity contribution in [1.82, 2.24) is 4.90 Å². The Morgan fingerprint density at radius 2 is 1.60 bits per heavy atom. The molecule has 3 rings (SSSR count). The smallest absolute Gasteiger partial charge is 0.330 e. The quantitative estimate of drug-likeness (QED) is 0.586. The predicted octanol–water partition coefficient (Wildman–Crippen LogP) is 3.11. The Kier molecular flexibility index (Phi) is 6.01. The molecule has 1 heterocycles. The Morgan fingerprint density at radius 1 is 1.00 bits per heavy atom. The minimum Gasteiger partial charge on any atom is -0.454 e. The molecule has 1 aliphatic rings. The van der Waals surface area contributed by atoms with Gasteiger partial charge in [-0.2, -0.15) is 0 Å². The summed E-state index contributed by atoms with van der Waals surface area (Å²) in [5.74, 6) is -2.76. The number of benzene rings is 2. The first-order valence-corrected chi connectivity index (χ1v) is 9.71. The van der Waals surface area contributed by atoms with Crippen molar-refractivity contribution >= 4 is 29.4 Å². The molecule has 0 aromatic heterocycles. The summed E-state index contributed by atoms with van der Waals surface area (Å²) in [7, 11) is 0. The third kappa shape index (κ3) is 4.10. The zero-order chi connectivity index (χ0) is 22.0. The molecule has 0 saturated carbocycles. The fourth-order valence-corrected chi connectivity index (χ4v) is 3.50. The van der Waals surface area contributed by atoms with Crippen LogP contribution in [-0.4, -0.2) is 41.2 Å². The second kappa shape index (κ2) is 8.49. The van der Waals surface area contributed by atoms with Crippen LogP contribution < -0.4 is 5.32 Å². The van der Waals surface area contributed by atoms with E-state index < -0.39 is 36.3 Å². The molecule has 0 unspecified atom stereocenters. The number of esters is 1. The Bertz CT molecular complexity index is 993. The van der Waals surface area contributed by atoms with Gasteiger partial charge < -0.3 is 10.1 Å². The van der Waals surface area contributed by atoms with Gasteiger partial charge in [0, 0.05) is 5.69 Å². The SMILES string of the molecule is Cc1ccc(NC(=O)COC(=O)[C@@H](C(C)C)N2C(=O)c3ccccc3C2=O)c(C)c1. The number of hydrogen-bond donors (Lipinski definition) is 1. The predicted molar refractivity (Wildman–Crippen MR) is 111 cm³/mol. The number of hydrogen-bond acceptors (Lipinski definition) is 5. The maximum absolute atomic E-state index is 12.7. The Hall–Kier alpha value is -3.48. The van der Waals surface area contributed by atoms with Gasteiger partial charge in [0.2, 0.25) is 0 Å². The molecular formula is C23H24N2O5. The molecule has 0 bridgehead atoms. The number of rotatable bonds is 6. The van der Waals surface area contributed by atoms with Crippen LogP contribution in [-0.2, 0) is 14.3 Å². The lowest BCUT2D eigenvalue weighted by molar-refractivity contribution is -0.152. The third-order valence-corrected chi connectivity index (χ3v) is 4.98. The minimum atomic E-state index is -1.12. The Labute approximate surface area is 175 Å². The fourth-order valence-electron chi connectivity index (χ4n) is 3.50. The van der Waals surface area contributed by atoms with E-state index in [0.29, 0.717) is 5.69 Å². The number of aryl methyl sites for hydroxylation is 2. The van der Waals surface area contributed by atoms with Crippen LogP contribution in [0.5, 0.6) is 0 Å². The van der Waals surface area contributed by atoms with Gasteiger partial charge in [-0.15, -0.1) is 0 Å². The van der Waals surface area contributed by atoms with Crippen molar-refractivity contribution in [3.8, 4) is 0 Å². The van der Waals surface area contributed by atoms with E-state index in [0.717, 1.165) is 16.0 Å². The molecule has 0 spiro atoms. The lowest BCUT2D eigenvalue weighted by Gasteiger charge is -2.27. The van der Waals surface area contributed by atoms with Crippen molar-refractivity contribution in [2.75, 3.05) is 11.9 Å². The zero-order valence-electron chi connectivity index (χ0n) is 17.4. The van der Waals surface area contributed by atoms with Crippen molar-refractivity contribution in [1.29, 1.82) is 0 Å². The van der Waals surface area contributed by atoms with E-state index >= 15 is 0 Å². The van der Waals surface area contributed by atoms with Gasteiger partial charge in [0.25, 0.3) is 17.7 Å². The summed E-state index contributed by atoms with van der Waals surface area (Å²) < 4.78 is 5.17. The molecule has 3 amide bonds. The summed E-state index contributed by atoms with van der Waals surface area (Å²) in [5.41, 5.74) is 3.10. The number of nitrogens with one attached hydrogen (secondary N) is 1. The van der Waals surface area contributed by atoms with E-state index in [-0.39, 0.29) is 17.0 Å². The summed E-state index contributed by atoms with van der Waals surface area (Å²) >= 11 is 0. The molecule has 2 aromatic rings. The molecule has 0 fully saturated rings. The number of anilines is 1. The van der Waals surface area contributed by atoms with E-state index in [1.165, 1.54) is 0 Å². The number of carbonyl (C=O) groups is 4. The topological polar surface area (TPSA) is 92.8 Å². The van der Waals surface area contributed by atoms with Crippen molar-refractivity contribution in [2.24, 2.45) is 5.92 Å². The lowest BCUT2D eigenvalue weighted by atomic mass is 10.0. The first-order chi connectivity index (χ1) is 14.2. The zero-order valence-corrected chi connectivity index (χ0v) is 17.4. The van der Waals surface area contributed by atoms with E-state index in [2.05, 4.69) is 5.32 Å². The largest absolute Gasteiger partial charge is 0.454 e. The van der Waals surface area contributed by atoms with Crippen LogP contribution in [0.15, 0.2) is 42.5 Å². The monoisotopic (exact) mass is 408 g/mol. The van der Waals surface area contributed by atoms with E-state index in [4.69, 9.17) is 4.74 Å². The second-order valence-electron chi connectivity index (χ2n) is 7.69. The molecule has 0 aliphatic carbocycles. The van der Waals surface area contributed by atoms with Gasteiger partial charge in [-0.25, -0.2) is 4.79 Å². The normalized spacial score (nSPS) is 14.0. The lowest BCUT2D eigenvalue weighted by Crippen LogP contribution is -2.49. The van der Waals surface area contributed by atoms with Crippen molar-refractivity contribution in [3.63, 3.8) is 0 Å². The highest BCUT2D eigenvalue weighted by Gasteiger charge is 2.44. The van der Waals surface area contributed by atoms with Gasteiger partial charge in [-0.05, 0) is 43.5 Å². The number of imide groups is 1. The average Bonchev–Trinajstić information content (AvgIpc) is 2.94. The van der Waals surface area contributed by atoms with Crippen LogP contribution in [0.4, 0.5) is 5.69 Å². The number of nitrogens with zero attached hydrogens (tertiary/aromatic N) is 1. The molecule has 1 atom stereocenters. The number of ether oxygens (including phenoxy) is 1. The number of carbonyl (C=O) groups excluding carboxylic acids is 4. The van der Waals surface area contributed by atoms with Crippen LogP contribution >= 0.6 is 0 Å². The Balaban J connectivity index is 1.69. The highest BCUT2D eigenvalue weighted by Crippen LogP contribution is 2.27. The first kappa shape index (κ1) is 21.2. The molecule has 30 heavy (non-hydrogen) atoms. The van der Waals surface area contributed by atoms with Gasteiger partial charge in [0.15, 0.2) is 6.61 Å². The minimum absolute atomic E-state index is 0.258. The molecule has 1 N–H and O–H groups in total. The van der Waals surface area contributed by atoms with E-state index in [1.807, 2.05) is 26.0 Å². The highest BCUT2D eigenvalue weighted by molar-refractivity contribution is 6.22. The molecule has 0 radical (unpaired) electrons. The summed E-state index contributed by atoms with van der Waals surface area (Å²) in [6.07, 6.45) is 0. The number of amides is 3. The van der Waals surface area contributed by atoms with Crippen molar-refractivity contribution < 1.29 is 23.9 Å². The Morgan fingerprint density at radius 3 is 2.13 bits per heavy atom. The molecule has 2 aromatic carbocycles. The first-order valence-electron chi connectivity index (χ1n) is 9.71. The molecular weight excluding hydrogens is 384 g/mol. The standard InChI is InChI=1S/C23H24N2O5/c1-13(2)20(25-21(27)16-7-5-6-8-17(16)22(25)28)23(29)30-12-19(26)24-18-10-9-14(3)11-15(18)4/h5-11,13,20H,12H2,1-4H3,(H,24,26)/t20-/m1/s1. The molecule has 7 heteroatoms. The van der Waals surface area contributed by atoms with Gasteiger partial charge in [-0.1, -0.05) is 43.7 Å². The van der Waals surface area contributed by atoms with Gasteiger partial charge in [0.1, 0.15) is 6.04 Å². The molecule has 7 nitrogen and oxygen atoms in total. The summed E-state index contributed by atoms with van der Waals surface area (Å²) in [5, 5.41) is 2.70. The van der Waals surface area contributed by atoms with Gasteiger partial charge >= 0.3 is 5.97 Å². The van der Waals surface area contributed by atoms with Crippen LogP contribution in [0.1, 0.15) is 45.7 Å². The fraction of sp³-hybridized carbons (Fsp3) is 0.304. The third-order valence-electron chi connectivity index (χ3n) is 4.98. The summed E-state index contributed by atoms with van der Waals surface area (Å²) in [4.78, 5) is 51.3. The highest BCUT2D eigenvalue weighted by atomic mass is 16.5. The van der Waals surface area contributed by atoms with Crippen LogP contribution in [0.25, 0.3) is 0 Å². The van der Waals surface area contributed by atoms with Crippen LogP contribution in [0.2, 0.25) is 0 Å². The molecule has 156 valence electrons. The van der Waals surface area contributed by atoms with Crippen molar-refractivity contribution in [3.05, 3.63) is 64.7 Å². The number of fused-ring (bicyclic) bond motifs is 1. The van der Waals surface area contributed by atoms with Gasteiger partial charge in [0.05, 0.1) is 11.1 Å². The molecule has 1 aliphatic heterocycles. The van der Waals surface area contributed by atoms with E-state index in [9.17, 15) is 19.2 Å². The summed E-state index contributed by atoms with van der Waals surface area (Å²) in [6, 6.07) is 10.9. The molecule has 0 saturated heterocycles. The van der Waals surface area contributed by atoms with Gasteiger partial charge in [-0.3, -0.25) is 19.3 Å². The average molecular weight is 408 g/mol. The van der Waals surface area contributed by atoms with E-state index in [1.54, 1.807) is 44.2 Å². The van der Waals surface area contributed by atoms with Crippen LogP contribution in [0, 0.1) is 19.8 Å². The second-order valence-corrected chi connectivity index (χ2v) is 7.69. The maximum atomic E-state index is 12.7.